The van der Waals surface area contributed by atoms with Crippen LogP contribution in [-0.2, 0) is 12.8 Å². The van der Waals surface area contributed by atoms with Crippen LogP contribution in [0.5, 0.6) is 5.75 Å². The van der Waals surface area contributed by atoms with Crippen LogP contribution in [0.15, 0.2) is 22.7 Å². The molecule has 1 aromatic carbocycles. The molecule has 0 bridgehead atoms. The van der Waals surface area contributed by atoms with E-state index in [1.807, 2.05) is 0 Å². The number of fused-ring (bicyclic) bond motifs is 3. The Morgan fingerprint density at radius 3 is 2.68 bits per heavy atom. The third kappa shape index (κ3) is 2.20. The minimum atomic E-state index is -4.48. The monoisotopic (exact) mass is 312 g/mol. The molecule has 8 heteroatoms. The Bertz CT molecular complexity index is 750. The highest BCUT2D eigenvalue weighted by molar-refractivity contribution is 5.95. The first-order valence-corrected chi connectivity index (χ1v) is 6.33. The minimum Gasteiger partial charge on any atom is -0.488 e. The maximum absolute atomic E-state index is 12.8. The van der Waals surface area contributed by atoms with Crippen molar-refractivity contribution in [2.24, 2.45) is 0 Å². The van der Waals surface area contributed by atoms with Gasteiger partial charge in [0.2, 0.25) is 0 Å². The number of alkyl halides is 3. The van der Waals surface area contributed by atoms with Gasteiger partial charge < -0.3 is 14.2 Å². The average molecular weight is 312 g/mol. The summed E-state index contributed by atoms with van der Waals surface area (Å²) < 4.78 is 49.0. The maximum Gasteiger partial charge on any atom is 0.416 e. The highest BCUT2D eigenvalue weighted by Gasteiger charge is 2.34. The number of nitrogens with zero attached hydrogens (tertiary/aromatic N) is 2. The normalized spacial score (nSPS) is 13.1. The second-order valence-corrected chi connectivity index (χ2v) is 5.04. The molecule has 0 aliphatic carbocycles. The predicted octanol–water partition coefficient (Wildman–Crippen LogP) is 2.95. The third-order valence-corrected chi connectivity index (χ3v) is 3.32. The molecule has 0 saturated carbocycles. The van der Waals surface area contributed by atoms with E-state index in [1.54, 1.807) is 14.1 Å². The Morgan fingerprint density at radius 1 is 1.32 bits per heavy atom. The van der Waals surface area contributed by atoms with Crippen molar-refractivity contribution < 1.29 is 27.2 Å². The first-order chi connectivity index (χ1) is 10.3. The molecule has 116 valence electrons. The van der Waals surface area contributed by atoms with Crippen LogP contribution < -0.4 is 4.74 Å². The number of rotatable bonds is 1. The van der Waals surface area contributed by atoms with Crippen LogP contribution in [0.4, 0.5) is 13.2 Å². The molecule has 2 heterocycles. The number of benzene rings is 1. The van der Waals surface area contributed by atoms with Gasteiger partial charge in [-0.3, -0.25) is 4.79 Å². The van der Waals surface area contributed by atoms with Gasteiger partial charge in [0.05, 0.1) is 16.7 Å². The van der Waals surface area contributed by atoms with Crippen molar-refractivity contribution in [2.75, 3.05) is 14.1 Å². The lowest BCUT2D eigenvalue weighted by Crippen LogP contribution is -2.24. The standard InChI is InChI=1S/C14H11F3N2O3/c1-19(2)13(20)11-9-6-21-10-4-3-7(14(15,16)17)5-8(10)12(9)22-18-11/h3-5H,6H2,1-2H3. The van der Waals surface area contributed by atoms with E-state index in [9.17, 15) is 18.0 Å². The van der Waals surface area contributed by atoms with Crippen LogP contribution in [0, 0.1) is 0 Å². The SMILES string of the molecule is CN(C)C(=O)c1noc2c1COc1ccc(C(F)(F)F)cc1-2. The fourth-order valence-corrected chi connectivity index (χ4v) is 2.19. The summed E-state index contributed by atoms with van der Waals surface area (Å²) in [6.45, 7) is 0.0200. The van der Waals surface area contributed by atoms with Gasteiger partial charge in [-0.15, -0.1) is 0 Å². The number of halogens is 3. The highest BCUT2D eigenvalue weighted by atomic mass is 19.4. The Labute approximate surface area is 123 Å². The summed E-state index contributed by atoms with van der Waals surface area (Å²) in [7, 11) is 3.09. The topological polar surface area (TPSA) is 55.6 Å². The van der Waals surface area contributed by atoms with Crippen LogP contribution >= 0.6 is 0 Å². The zero-order valence-corrected chi connectivity index (χ0v) is 11.7. The maximum atomic E-state index is 12.8. The summed E-state index contributed by atoms with van der Waals surface area (Å²) >= 11 is 0. The summed E-state index contributed by atoms with van der Waals surface area (Å²) in [6, 6.07) is 3.10. The summed E-state index contributed by atoms with van der Waals surface area (Å²) in [5.41, 5.74) is -0.283. The number of carbonyl (C=O) groups excluding carboxylic acids is 1. The van der Waals surface area contributed by atoms with Crippen LogP contribution in [0.3, 0.4) is 0 Å². The fourth-order valence-electron chi connectivity index (χ4n) is 2.19. The second-order valence-electron chi connectivity index (χ2n) is 5.04. The molecule has 0 spiro atoms. The van der Waals surface area contributed by atoms with Crippen LogP contribution in [0.1, 0.15) is 21.6 Å². The molecule has 0 N–H and O–H groups in total. The largest absolute Gasteiger partial charge is 0.488 e. The zero-order chi connectivity index (χ0) is 16.1. The summed E-state index contributed by atoms with van der Waals surface area (Å²) in [6.07, 6.45) is -4.48. The molecule has 3 rings (SSSR count). The molecule has 5 nitrogen and oxygen atoms in total. The van der Waals surface area contributed by atoms with Gasteiger partial charge in [-0.1, -0.05) is 5.16 Å². The van der Waals surface area contributed by atoms with Crippen molar-refractivity contribution in [1.82, 2.24) is 10.1 Å². The van der Waals surface area contributed by atoms with E-state index in [0.717, 1.165) is 12.1 Å². The number of ether oxygens (including phenoxy) is 1. The summed E-state index contributed by atoms with van der Waals surface area (Å²) in [5.74, 6) is 0.00192. The van der Waals surface area contributed by atoms with E-state index >= 15 is 0 Å². The number of aromatic nitrogens is 1. The first-order valence-electron chi connectivity index (χ1n) is 6.33. The van der Waals surface area contributed by atoms with E-state index in [2.05, 4.69) is 5.16 Å². The molecule has 1 aromatic heterocycles. The lowest BCUT2D eigenvalue weighted by molar-refractivity contribution is -0.137. The Balaban J connectivity index is 2.12. The zero-order valence-electron chi connectivity index (χ0n) is 11.7. The van der Waals surface area contributed by atoms with Gasteiger partial charge in [0, 0.05) is 14.1 Å². The molecule has 0 atom stereocenters. The molecule has 22 heavy (non-hydrogen) atoms. The summed E-state index contributed by atoms with van der Waals surface area (Å²) in [4.78, 5) is 13.3. The van der Waals surface area contributed by atoms with Crippen molar-refractivity contribution in [3.05, 3.63) is 35.0 Å². The van der Waals surface area contributed by atoms with Crippen molar-refractivity contribution in [3.63, 3.8) is 0 Å². The van der Waals surface area contributed by atoms with Gasteiger partial charge >= 0.3 is 6.18 Å². The van der Waals surface area contributed by atoms with Crippen LogP contribution in [0.25, 0.3) is 11.3 Å². The van der Waals surface area contributed by atoms with Crippen molar-refractivity contribution >= 4 is 5.91 Å². The number of hydrogen-bond donors (Lipinski definition) is 0. The number of hydrogen-bond acceptors (Lipinski definition) is 4. The van der Waals surface area contributed by atoms with Gasteiger partial charge in [0.15, 0.2) is 11.5 Å². The molecule has 0 fully saturated rings. The molecule has 0 unspecified atom stereocenters. The van der Waals surface area contributed by atoms with Gasteiger partial charge in [-0.25, -0.2) is 0 Å². The van der Waals surface area contributed by atoms with E-state index in [0.29, 0.717) is 5.56 Å². The Kier molecular flexibility index (Phi) is 3.12. The molecule has 1 amide bonds. The Hall–Kier alpha value is -2.51. The molecule has 2 aromatic rings. The third-order valence-electron chi connectivity index (χ3n) is 3.32. The lowest BCUT2D eigenvalue weighted by Gasteiger charge is -2.18. The van der Waals surface area contributed by atoms with Gasteiger partial charge in [-0.2, -0.15) is 13.2 Å². The predicted molar refractivity (Wildman–Crippen MR) is 69.3 cm³/mol. The van der Waals surface area contributed by atoms with E-state index in [-0.39, 0.29) is 29.4 Å². The van der Waals surface area contributed by atoms with Gasteiger partial charge in [0.1, 0.15) is 12.4 Å². The van der Waals surface area contributed by atoms with Crippen molar-refractivity contribution in [3.8, 4) is 17.1 Å². The van der Waals surface area contributed by atoms with Crippen LogP contribution in [-0.4, -0.2) is 30.1 Å². The molecule has 1 aliphatic heterocycles. The average Bonchev–Trinajstić information content (AvgIpc) is 2.88. The fraction of sp³-hybridized carbons (Fsp3) is 0.286. The smallest absolute Gasteiger partial charge is 0.416 e. The Morgan fingerprint density at radius 2 is 2.05 bits per heavy atom. The van der Waals surface area contributed by atoms with E-state index < -0.39 is 17.6 Å². The second kappa shape index (κ2) is 4.75. The molecular weight excluding hydrogens is 301 g/mol. The van der Waals surface area contributed by atoms with Gasteiger partial charge in [0.25, 0.3) is 5.91 Å². The number of carbonyl (C=O) groups is 1. The van der Waals surface area contributed by atoms with Crippen molar-refractivity contribution in [2.45, 2.75) is 12.8 Å². The number of amides is 1. The highest BCUT2D eigenvalue weighted by Crippen LogP contribution is 2.42. The summed E-state index contributed by atoms with van der Waals surface area (Å²) in [5, 5.41) is 3.68. The quantitative estimate of drug-likeness (QED) is 0.812. The van der Waals surface area contributed by atoms with E-state index in [4.69, 9.17) is 9.26 Å². The minimum absolute atomic E-state index is 0.0200. The lowest BCUT2D eigenvalue weighted by atomic mass is 10.0. The molecular formula is C14H11F3N2O3. The molecule has 0 radical (unpaired) electrons. The van der Waals surface area contributed by atoms with Gasteiger partial charge in [-0.05, 0) is 18.2 Å². The van der Waals surface area contributed by atoms with Crippen molar-refractivity contribution in [1.29, 1.82) is 0 Å². The molecule has 1 aliphatic rings. The molecule has 0 saturated heterocycles. The van der Waals surface area contributed by atoms with Crippen LogP contribution in [0.2, 0.25) is 0 Å². The first kappa shape index (κ1) is 14.4. The van der Waals surface area contributed by atoms with E-state index in [1.165, 1.54) is 11.0 Å².